The molecule has 6 nitrogen and oxygen atoms in total. The lowest BCUT2D eigenvalue weighted by molar-refractivity contribution is -0.135. The highest BCUT2D eigenvalue weighted by atomic mass is 16.3. The van der Waals surface area contributed by atoms with E-state index in [1.165, 1.54) is 0 Å². The van der Waals surface area contributed by atoms with Gasteiger partial charge in [0.05, 0.1) is 19.1 Å². The van der Waals surface area contributed by atoms with Crippen molar-refractivity contribution in [3.8, 4) is 0 Å². The van der Waals surface area contributed by atoms with E-state index in [1.807, 2.05) is 0 Å². The number of aliphatic hydroxyl groups excluding tert-OH is 1. The summed E-state index contributed by atoms with van der Waals surface area (Å²) in [5.74, 6) is -0.547. The Hall–Kier alpha value is -1.14. The highest BCUT2D eigenvalue weighted by Gasteiger charge is 2.27. The van der Waals surface area contributed by atoms with Gasteiger partial charge in [0.1, 0.15) is 0 Å². The Morgan fingerprint density at radius 1 is 1.53 bits per heavy atom. The van der Waals surface area contributed by atoms with Crippen LogP contribution in [0.25, 0.3) is 0 Å². The number of primary amides is 1. The summed E-state index contributed by atoms with van der Waals surface area (Å²) in [6.45, 7) is 1.90. The van der Waals surface area contributed by atoms with Crippen molar-refractivity contribution >= 4 is 11.8 Å². The summed E-state index contributed by atoms with van der Waals surface area (Å²) in [7, 11) is 1.78. The Morgan fingerprint density at radius 3 is 2.82 bits per heavy atom. The van der Waals surface area contributed by atoms with Crippen molar-refractivity contribution in [2.45, 2.75) is 12.8 Å². The van der Waals surface area contributed by atoms with Gasteiger partial charge in [-0.2, -0.15) is 0 Å². The van der Waals surface area contributed by atoms with Crippen LogP contribution in [0, 0.1) is 5.92 Å². The summed E-state index contributed by atoms with van der Waals surface area (Å²) in [5, 5.41) is 8.75. The third-order valence-electron chi connectivity index (χ3n) is 3.06. The Bertz CT molecular complexity index is 283. The molecule has 17 heavy (non-hydrogen) atoms. The van der Waals surface area contributed by atoms with Crippen molar-refractivity contribution in [3.05, 3.63) is 0 Å². The largest absolute Gasteiger partial charge is 0.395 e. The fourth-order valence-electron chi connectivity index (χ4n) is 2.02. The third-order valence-corrected chi connectivity index (χ3v) is 3.06. The molecule has 2 amide bonds. The molecule has 1 saturated heterocycles. The van der Waals surface area contributed by atoms with Crippen molar-refractivity contribution in [1.29, 1.82) is 0 Å². The Balaban J connectivity index is 2.43. The van der Waals surface area contributed by atoms with E-state index < -0.39 is 0 Å². The number of hydrogen-bond acceptors (Lipinski definition) is 4. The van der Waals surface area contributed by atoms with Crippen LogP contribution in [-0.4, -0.2) is 66.6 Å². The molecule has 1 rings (SSSR count). The smallest absolute Gasteiger partial charge is 0.236 e. The zero-order chi connectivity index (χ0) is 12.8. The number of carbonyl (C=O) groups is 2. The van der Waals surface area contributed by atoms with Gasteiger partial charge in [0.2, 0.25) is 11.8 Å². The van der Waals surface area contributed by atoms with Crippen molar-refractivity contribution in [3.63, 3.8) is 0 Å². The molecule has 0 spiro atoms. The van der Waals surface area contributed by atoms with Crippen LogP contribution in [0.1, 0.15) is 12.8 Å². The predicted molar refractivity (Wildman–Crippen MR) is 63.1 cm³/mol. The van der Waals surface area contributed by atoms with E-state index in [9.17, 15) is 9.59 Å². The Labute approximate surface area is 101 Å². The minimum atomic E-state index is -0.328. The second-order valence-electron chi connectivity index (χ2n) is 4.54. The normalized spacial score (nSPS) is 20.6. The minimum Gasteiger partial charge on any atom is -0.395 e. The first-order valence-electron chi connectivity index (χ1n) is 5.91. The van der Waals surface area contributed by atoms with E-state index in [2.05, 4.69) is 0 Å². The molecule has 0 radical (unpaired) electrons. The van der Waals surface area contributed by atoms with Crippen molar-refractivity contribution in [2.24, 2.45) is 11.7 Å². The van der Waals surface area contributed by atoms with Gasteiger partial charge in [0.15, 0.2) is 0 Å². The lowest BCUT2D eigenvalue weighted by atomic mass is 9.97. The van der Waals surface area contributed by atoms with Crippen molar-refractivity contribution in [1.82, 2.24) is 9.80 Å². The molecule has 0 aromatic rings. The topological polar surface area (TPSA) is 86.9 Å². The van der Waals surface area contributed by atoms with Gasteiger partial charge in [-0.05, 0) is 19.9 Å². The van der Waals surface area contributed by atoms with E-state index >= 15 is 0 Å². The molecule has 0 aromatic carbocycles. The van der Waals surface area contributed by atoms with Crippen molar-refractivity contribution < 1.29 is 14.7 Å². The van der Waals surface area contributed by atoms with E-state index in [0.29, 0.717) is 19.6 Å². The van der Waals surface area contributed by atoms with E-state index in [-0.39, 0.29) is 30.9 Å². The maximum atomic E-state index is 11.9. The first-order valence-corrected chi connectivity index (χ1v) is 5.91. The van der Waals surface area contributed by atoms with Gasteiger partial charge in [-0.15, -0.1) is 0 Å². The molecule has 0 aromatic heterocycles. The SMILES string of the molecule is CN(CCO)CC(=O)N1CCCC(C(N)=O)C1. The summed E-state index contributed by atoms with van der Waals surface area (Å²) in [4.78, 5) is 26.4. The van der Waals surface area contributed by atoms with Crippen LogP contribution in [0.5, 0.6) is 0 Å². The number of carbonyl (C=O) groups excluding carboxylic acids is 2. The van der Waals surface area contributed by atoms with Gasteiger partial charge < -0.3 is 15.7 Å². The summed E-state index contributed by atoms with van der Waals surface area (Å²) in [5.41, 5.74) is 5.26. The number of nitrogens with two attached hydrogens (primary N) is 1. The van der Waals surface area contributed by atoms with Crippen LogP contribution in [0.15, 0.2) is 0 Å². The number of hydrogen-bond donors (Lipinski definition) is 2. The summed E-state index contributed by atoms with van der Waals surface area (Å²) < 4.78 is 0. The summed E-state index contributed by atoms with van der Waals surface area (Å²) in [6.07, 6.45) is 1.59. The first kappa shape index (κ1) is 13.9. The van der Waals surface area contributed by atoms with E-state index in [4.69, 9.17) is 10.8 Å². The highest BCUT2D eigenvalue weighted by molar-refractivity contribution is 5.81. The highest BCUT2D eigenvalue weighted by Crippen LogP contribution is 2.16. The molecule has 0 bridgehead atoms. The molecular formula is C11H21N3O3. The predicted octanol–water partition coefficient (Wildman–Crippen LogP) is -1.37. The first-order chi connectivity index (χ1) is 8.04. The van der Waals surface area contributed by atoms with Crippen LogP contribution in [-0.2, 0) is 9.59 Å². The van der Waals surface area contributed by atoms with E-state index in [1.54, 1.807) is 16.8 Å². The molecule has 1 aliphatic heterocycles. The number of nitrogens with zero attached hydrogens (tertiary/aromatic N) is 2. The van der Waals surface area contributed by atoms with E-state index in [0.717, 1.165) is 12.8 Å². The fourth-order valence-corrected chi connectivity index (χ4v) is 2.02. The van der Waals surface area contributed by atoms with Crippen LogP contribution in [0.3, 0.4) is 0 Å². The van der Waals surface area contributed by atoms with Crippen LogP contribution < -0.4 is 5.73 Å². The lowest BCUT2D eigenvalue weighted by Gasteiger charge is -2.32. The molecule has 98 valence electrons. The van der Waals surface area contributed by atoms with Gasteiger partial charge in [0.25, 0.3) is 0 Å². The zero-order valence-electron chi connectivity index (χ0n) is 10.3. The molecule has 1 atom stereocenters. The second-order valence-corrected chi connectivity index (χ2v) is 4.54. The number of rotatable bonds is 5. The van der Waals surface area contributed by atoms with Gasteiger partial charge in [-0.25, -0.2) is 0 Å². The molecule has 1 aliphatic rings. The van der Waals surface area contributed by atoms with Crippen molar-refractivity contribution in [2.75, 3.05) is 39.8 Å². The van der Waals surface area contributed by atoms with Gasteiger partial charge in [-0.1, -0.05) is 0 Å². The molecule has 0 aliphatic carbocycles. The number of piperidine rings is 1. The maximum Gasteiger partial charge on any atom is 0.236 e. The van der Waals surface area contributed by atoms with Crippen LogP contribution in [0.2, 0.25) is 0 Å². The second kappa shape index (κ2) is 6.56. The molecule has 3 N–H and O–H groups in total. The van der Waals surface area contributed by atoms with Crippen LogP contribution >= 0.6 is 0 Å². The number of aliphatic hydroxyl groups is 1. The van der Waals surface area contributed by atoms with Crippen LogP contribution in [0.4, 0.5) is 0 Å². The molecule has 0 saturated carbocycles. The average Bonchev–Trinajstić information content (AvgIpc) is 2.29. The van der Waals surface area contributed by atoms with Gasteiger partial charge in [0, 0.05) is 19.6 Å². The minimum absolute atomic E-state index is 0.00750. The molecule has 1 heterocycles. The maximum absolute atomic E-state index is 11.9. The summed E-state index contributed by atoms with van der Waals surface area (Å²) in [6, 6.07) is 0. The Morgan fingerprint density at radius 2 is 2.24 bits per heavy atom. The molecule has 1 unspecified atom stereocenters. The van der Waals surface area contributed by atoms with Gasteiger partial charge in [-0.3, -0.25) is 14.5 Å². The molecule has 6 heteroatoms. The monoisotopic (exact) mass is 243 g/mol. The third kappa shape index (κ3) is 4.32. The summed E-state index contributed by atoms with van der Waals surface area (Å²) >= 11 is 0. The fraction of sp³-hybridized carbons (Fsp3) is 0.818. The zero-order valence-corrected chi connectivity index (χ0v) is 10.3. The standard InChI is InChI=1S/C11H21N3O3/c1-13(5-6-15)8-10(16)14-4-2-3-9(7-14)11(12)17/h9,15H,2-8H2,1H3,(H2,12,17). The Kier molecular flexibility index (Phi) is 5.37. The van der Waals surface area contributed by atoms with Gasteiger partial charge >= 0.3 is 0 Å². The number of likely N-dealkylation sites (tertiary alicyclic amines) is 1. The molecular weight excluding hydrogens is 222 g/mol. The number of likely N-dealkylation sites (N-methyl/N-ethyl adjacent to an activating group) is 1. The quantitative estimate of drug-likeness (QED) is 0.624. The molecule has 1 fully saturated rings. The lowest BCUT2D eigenvalue weighted by Crippen LogP contribution is -2.47. The average molecular weight is 243 g/mol. The number of amides is 2.